The van der Waals surface area contributed by atoms with E-state index in [1.54, 1.807) is 0 Å². The molecule has 0 saturated heterocycles. The van der Waals surface area contributed by atoms with Crippen LogP contribution >= 0.6 is 0 Å². The summed E-state index contributed by atoms with van der Waals surface area (Å²) in [5.74, 6) is 0. The van der Waals surface area contributed by atoms with Crippen molar-refractivity contribution < 1.29 is 0 Å². The van der Waals surface area contributed by atoms with E-state index < -0.39 is 0 Å². The lowest BCUT2D eigenvalue weighted by atomic mass is 9.93. The molecule has 2 aliphatic rings. The molecule has 45 heavy (non-hydrogen) atoms. The Bertz CT molecular complexity index is 1990. The Balaban J connectivity index is 1.23. The van der Waals surface area contributed by atoms with Gasteiger partial charge in [0.2, 0.25) is 0 Å². The average molecular weight is 580 g/mol. The topological polar surface area (TPSA) is 30.3 Å². The van der Waals surface area contributed by atoms with Gasteiger partial charge in [-0.25, -0.2) is 0 Å². The van der Waals surface area contributed by atoms with Crippen molar-refractivity contribution in [1.82, 2.24) is 0 Å². The number of hydrogen-bond donors (Lipinski definition) is 0. The molecular formula is C42H33N3. The van der Waals surface area contributed by atoms with Crippen molar-refractivity contribution in [1.29, 1.82) is 5.26 Å². The molecule has 5 aromatic carbocycles. The zero-order chi connectivity index (χ0) is 30.8. The molecule has 0 aromatic heterocycles. The highest BCUT2D eigenvalue weighted by Crippen LogP contribution is 2.46. The first-order valence-electron chi connectivity index (χ1n) is 15.3. The van der Waals surface area contributed by atoms with Gasteiger partial charge in [0, 0.05) is 34.1 Å². The van der Waals surface area contributed by atoms with Crippen molar-refractivity contribution in [3.63, 3.8) is 0 Å². The number of benzene rings is 5. The Morgan fingerprint density at radius 2 is 1.24 bits per heavy atom. The van der Waals surface area contributed by atoms with Gasteiger partial charge in [0.1, 0.15) is 0 Å². The Morgan fingerprint density at radius 3 is 1.89 bits per heavy atom. The standard InChI is InChI=1S/C42H33N3/c1-3-31-14-18-37(19-15-31)44(35-10-6-4-7-11-35)39-22-24-41-33(27-39)26-34-28-40(23-25-42(34)41)45(36-12-8-5-9-13-36)38-20-16-32(17-21-38)30(2)29-43/h3-22,24,27-28H,1-2,23,25-26H2. The Labute approximate surface area is 265 Å². The van der Waals surface area contributed by atoms with E-state index in [0.717, 1.165) is 58.8 Å². The van der Waals surface area contributed by atoms with E-state index in [1.165, 1.54) is 28.0 Å². The van der Waals surface area contributed by atoms with Gasteiger partial charge < -0.3 is 9.80 Å². The summed E-state index contributed by atoms with van der Waals surface area (Å²) in [7, 11) is 0. The number of fused-ring (bicyclic) bond motifs is 2. The van der Waals surface area contributed by atoms with Crippen molar-refractivity contribution in [3.05, 3.63) is 180 Å². The zero-order valence-electron chi connectivity index (χ0n) is 25.2. The van der Waals surface area contributed by atoms with E-state index in [-0.39, 0.29) is 0 Å². The number of hydrogen-bond acceptors (Lipinski definition) is 3. The molecule has 0 heterocycles. The van der Waals surface area contributed by atoms with Gasteiger partial charge in [0.15, 0.2) is 0 Å². The summed E-state index contributed by atoms with van der Waals surface area (Å²) < 4.78 is 0. The summed E-state index contributed by atoms with van der Waals surface area (Å²) in [5, 5.41) is 9.31. The van der Waals surface area contributed by atoms with Crippen LogP contribution in [-0.2, 0) is 6.42 Å². The predicted octanol–water partition coefficient (Wildman–Crippen LogP) is 11.2. The summed E-state index contributed by atoms with van der Waals surface area (Å²) in [4.78, 5) is 4.68. The predicted molar refractivity (Wildman–Crippen MR) is 189 cm³/mol. The maximum atomic E-state index is 9.31. The molecule has 7 rings (SSSR count). The smallest absolute Gasteiger partial charge is 0.0991 e. The largest absolute Gasteiger partial charge is 0.314 e. The van der Waals surface area contributed by atoms with Crippen LogP contribution in [0.15, 0.2) is 158 Å². The van der Waals surface area contributed by atoms with Crippen LogP contribution in [0.4, 0.5) is 28.4 Å². The Morgan fingerprint density at radius 1 is 0.667 bits per heavy atom. The fourth-order valence-corrected chi connectivity index (χ4v) is 6.50. The van der Waals surface area contributed by atoms with E-state index in [2.05, 4.69) is 150 Å². The number of anilines is 5. The van der Waals surface area contributed by atoms with Gasteiger partial charge in [-0.3, -0.25) is 0 Å². The molecule has 0 bridgehead atoms. The fraction of sp³-hybridized carbons (Fsp3) is 0.0714. The summed E-state index contributed by atoms with van der Waals surface area (Å²) >= 11 is 0. The quantitative estimate of drug-likeness (QED) is 0.171. The molecule has 0 saturated carbocycles. The van der Waals surface area contributed by atoms with E-state index in [1.807, 2.05) is 18.2 Å². The third-order valence-electron chi connectivity index (χ3n) is 8.72. The van der Waals surface area contributed by atoms with E-state index in [0.29, 0.717) is 5.57 Å². The number of allylic oxidation sites excluding steroid dienone is 5. The average Bonchev–Trinajstić information content (AvgIpc) is 3.47. The summed E-state index contributed by atoms with van der Waals surface area (Å²) in [6, 6.07) is 46.9. The fourth-order valence-electron chi connectivity index (χ4n) is 6.50. The molecule has 0 fully saturated rings. The van der Waals surface area contributed by atoms with Crippen molar-refractivity contribution in [2.75, 3.05) is 9.80 Å². The van der Waals surface area contributed by atoms with Crippen LogP contribution in [0.1, 0.15) is 35.1 Å². The number of nitrogens with zero attached hydrogens (tertiary/aromatic N) is 3. The molecule has 3 nitrogen and oxygen atoms in total. The molecule has 0 atom stereocenters. The zero-order valence-corrected chi connectivity index (χ0v) is 25.2. The summed E-state index contributed by atoms with van der Waals surface area (Å²) in [5.41, 5.74) is 14.9. The van der Waals surface area contributed by atoms with Crippen LogP contribution in [0.5, 0.6) is 0 Å². The highest BCUT2D eigenvalue weighted by atomic mass is 15.2. The van der Waals surface area contributed by atoms with Gasteiger partial charge in [-0.15, -0.1) is 0 Å². The van der Waals surface area contributed by atoms with Crippen molar-refractivity contribution in [2.24, 2.45) is 0 Å². The molecular weight excluding hydrogens is 546 g/mol. The van der Waals surface area contributed by atoms with Crippen molar-refractivity contribution in [2.45, 2.75) is 19.3 Å². The monoisotopic (exact) mass is 579 g/mol. The van der Waals surface area contributed by atoms with Gasteiger partial charge in [-0.1, -0.05) is 86.0 Å². The molecule has 0 unspecified atom stereocenters. The van der Waals surface area contributed by atoms with Crippen LogP contribution in [-0.4, -0.2) is 0 Å². The van der Waals surface area contributed by atoms with Crippen molar-refractivity contribution >= 4 is 45.7 Å². The minimum absolute atomic E-state index is 0.474. The lowest BCUT2D eigenvalue weighted by Gasteiger charge is -2.30. The van der Waals surface area contributed by atoms with Crippen LogP contribution in [0, 0.1) is 11.3 Å². The van der Waals surface area contributed by atoms with Crippen LogP contribution in [0.3, 0.4) is 0 Å². The van der Waals surface area contributed by atoms with Crippen LogP contribution < -0.4 is 9.80 Å². The SMILES string of the molecule is C=Cc1ccc(N(c2ccccc2)c2ccc3c(c2)CC2=C3CCC(N(c3ccccc3)c3ccc(C(=C)C#N)cc3)=C2)cc1. The lowest BCUT2D eigenvalue weighted by molar-refractivity contribution is 0.920. The second kappa shape index (κ2) is 12.0. The maximum Gasteiger partial charge on any atom is 0.0991 e. The summed E-state index contributed by atoms with van der Waals surface area (Å²) in [6.07, 6.45) is 7.11. The summed E-state index contributed by atoms with van der Waals surface area (Å²) in [6.45, 7) is 7.80. The second-order valence-electron chi connectivity index (χ2n) is 11.4. The first-order chi connectivity index (χ1) is 22.1. The van der Waals surface area contributed by atoms with E-state index in [9.17, 15) is 5.26 Å². The molecule has 0 radical (unpaired) electrons. The first kappa shape index (κ1) is 28.0. The van der Waals surface area contributed by atoms with Crippen molar-refractivity contribution in [3.8, 4) is 6.07 Å². The molecule has 3 heteroatoms. The molecule has 2 aliphatic carbocycles. The van der Waals surface area contributed by atoms with E-state index >= 15 is 0 Å². The number of nitriles is 1. The van der Waals surface area contributed by atoms with Crippen LogP contribution in [0.25, 0.3) is 17.2 Å². The molecule has 0 spiro atoms. The Hall–Kier alpha value is -5.85. The lowest BCUT2D eigenvalue weighted by Crippen LogP contribution is -2.18. The number of rotatable bonds is 8. The molecule has 0 amide bonds. The van der Waals surface area contributed by atoms with Gasteiger partial charge in [0.25, 0.3) is 0 Å². The highest BCUT2D eigenvalue weighted by molar-refractivity contribution is 5.85. The molecule has 0 N–H and O–H groups in total. The molecule has 216 valence electrons. The minimum Gasteiger partial charge on any atom is -0.314 e. The number of para-hydroxylation sites is 2. The first-order valence-corrected chi connectivity index (χ1v) is 15.3. The third kappa shape index (κ3) is 5.39. The van der Waals surface area contributed by atoms with Gasteiger partial charge in [-0.05, 0) is 119 Å². The minimum atomic E-state index is 0.474. The highest BCUT2D eigenvalue weighted by Gasteiger charge is 2.27. The normalized spacial score (nSPS) is 13.3. The van der Waals surface area contributed by atoms with Gasteiger partial charge in [0.05, 0.1) is 11.6 Å². The Kier molecular flexibility index (Phi) is 7.47. The second-order valence-corrected chi connectivity index (χ2v) is 11.4. The van der Waals surface area contributed by atoms with E-state index in [4.69, 9.17) is 0 Å². The maximum absolute atomic E-state index is 9.31. The van der Waals surface area contributed by atoms with Gasteiger partial charge >= 0.3 is 0 Å². The van der Waals surface area contributed by atoms with Gasteiger partial charge in [-0.2, -0.15) is 5.26 Å². The third-order valence-corrected chi connectivity index (χ3v) is 8.72. The van der Waals surface area contributed by atoms with Crippen LogP contribution in [0.2, 0.25) is 0 Å². The molecule has 0 aliphatic heterocycles. The molecule has 5 aromatic rings.